The Hall–Kier alpha value is -1.90. The minimum atomic E-state index is -1.53. The van der Waals surface area contributed by atoms with Crippen molar-refractivity contribution in [2.45, 2.75) is 33.5 Å². The van der Waals surface area contributed by atoms with E-state index >= 15 is 0 Å². The first-order valence-corrected chi connectivity index (χ1v) is 12.5. The van der Waals surface area contributed by atoms with Crippen LogP contribution in [0.5, 0.6) is 0 Å². The van der Waals surface area contributed by atoms with Crippen LogP contribution >= 0.6 is 11.6 Å². The van der Waals surface area contributed by atoms with Crippen LogP contribution in [0.2, 0.25) is 24.8 Å². The van der Waals surface area contributed by atoms with Crippen LogP contribution < -0.4 is 5.19 Å². The van der Waals surface area contributed by atoms with Crippen molar-refractivity contribution in [3.05, 3.63) is 71.0 Å². The second kappa shape index (κ2) is 6.78. The van der Waals surface area contributed by atoms with Crippen LogP contribution in [0, 0.1) is 13.8 Å². The van der Waals surface area contributed by atoms with Gasteiger partial charge in [0.1, 0.15) is 5.15 Å². The Labute approximate surface area is 156 Å². The van der Waals surface area contributed by atoms with E-state index in [1.54, 1.807) is 0 Å². The lowest BCUT2D eigenvalue weighted by Gasteiger charge is -2.23. The third-order valence-corrected chi connectivity index (χ3v) is 6.81. The van der Waals surface area contributed by atoms with Crippen LogP contribution in [0.25, 0.3) is 22.3 Å². The Morgan fingerprint density at radius 3 is 2.00 bits per heavy atom. The SMILES string of the molecule is Cc1cc(-c2ccccc2)cc(C)c1-c1cc(Cl)ncc1[Si](C)(C)C. The monoisotopic (exact) mass is 365 g/mol. The number of pyridine rings is 1. The van der Waals surface area contributed by atoms with Crippen LogP contribution in [0.15, 0.2) is 54.7 Å². The lowest BCUT2D eigenvalue weighted by molar-refractivity contribution is 1.32. The van der Waals surface area contributed by atoms with E-state index in [4.69, 9.17) is 11.6 Å². The molecule has 0 saturated heterocycles. The number of hydrogen-bond acceptors (Lipinski definition) is 1. The van der Waals surface area contributed by atoms with Gasteiger partial charge in [0.05, 0.1) is 8.07 Å². The minimum Gasteiger partial charge on any atom is -0.245 e. The maximum absolute atomic E-state index is 6.25. The lowest BCUT2D eigenvalue weighted by Crippen LogP contribution is -2.39. The fourth-order valence-electron chi connectivity index (χ4n) is 3.42. The zero-order valence-electron chi connectivity index (χ0n) is 15.5. The zero-order valence-corrected chi connectivity index (χ0v) is 17.3. The normalized spacial score (nSPS) is 11.6. The molecule has 25 heavy (non-hydrogen) atoms. The summed E-state index contributed by atoms with van der Waals surface area (Å²) in [6, 6.07) is 17.1. The molecule has 2 aromatic carbocycles. The van der Waals surface area contributed by atoms with Gasteiger partial charge in [-0.3, -0.25) is 0 Å². The quantitative estimate of drug-likeness (QED) is 0.396. The first-order chi connectivity index (χ1) is 11.8. The number of hydrogen-bond donors (Lipinski definition) is 0. The highest BCUT2D eigenvalue weighted by Crippen LogP contribution is 2.33. The summed E-state index contributed by atoms with van der Waals surface area (Å²) in [5, 5.41) is 1.92. The number of nitrogens with zero attached hydrogens (tertiary/aromatic N) is 1. The standard InChI is InChI=1S/C22H24ClNSi/c1-15-11-18(17-9-7-6-8-10-17)12-16(2)22(15)19-13-21(23)24-14-20(19)25(3,4)5/h6-14H,1-5H3. The molecule has 1 aromatic heterocycles. The molecule has 1 heterocycles. The molecule has 0 amide bonds. The summed E-state index contributed by atoms with van der Waals surface area (Å²) in [7, 11) is -1.53. The molecule has 3 heteroatoms. The molecule has 0 bridgehead atoms. The topological polar surface area (TPSA) is 12.9 Å². The predicted molar refractivity (Wildman–Crippen MR) is 113 cm³/mol. The van der Waals surface area contributed by atoms with Crippen molar-refractivity contribution in [1.29, 1.82) is 0 Å². The van der Waals surface area contributed by atoms with Gasteiger partial charge in [-0.2, -0.15) is 0 Å². The van der Waals surface area contributed by atoms with Gasteiger partial charge in [0.2, 0.25) is 0 Å². The van der Waals surface area contributed by atoms with E-state index in [9.17, 15) is 0 Å². The number of rotatable bonds is 3. The summed E-state index contributed by atoms with van der Waals surface area (Å²) >= 11 is 6.25. The Balaban J connectivity index is 2.22. The highest BCUT2D eigenvalue weighted by Gasteiger charge is 2.23. The van der Waals surface area contributed by atoms with Crippen molar-refractivity contribution in [2.75, 3.05) is 0 Å². The second-order valence-electron chi connectivity index (χ2n) is 7.65. The van der Waals surface area contributed by atoms with E-state index in [0.717, 1.165) is 0 Å². The summed E-state index contributed by atoms with van der Waals surface area (Å²) in [5.41, 5.74) is 7.60. The van der Waals surface area contributed by atoms with Crippen LogP contribution in [-0.4, -0.2) is 13.1 Å². The summed E-state index contributed by atoms with van der Waals surface area (Å²) in [6.07, 6.45) is 1.98. The molecule has 0 unspecified atom stereocenters. The van der Waals surface area contributed by atoms with Crippen molar-refractivity contribution in [1.82, 2.24) is 4.98 Å². The van der Waals surface area contributed by atoms with Gasteiger partial charge in [0, 0.05) is 6.20 Å². The van der Waals surface area contributed by atoms with Gasteiger partial charge in [-0.15, -0.1) is 0 Å². The van der Waals surface area contributed by atoms with Crippen molar-refractivity contribution < 1.29 is 0 Å². The van der Waals surface area contributed by atoms with Gasteiger partial charge in [0.15, 0.2) is 0 Å². The molecule has 0 aliphatic rings. The molecule has 0 radical (unpaired) electrons. The van der Waals surface area contributed by atoms with E-state index in [2.05, 4.69) is 80.9 Å². The van der Waals surface area contributed by atoms with E-state index in [1.807, 2.05) is 12.3 Å². The Morgan fingerprint density at radius 1 is 0.840 bits per heavy atom. The first-order valence-electron chi connectivity index (χ1n) is 8.60. The van der Waals surface area contributed by atoms with Crippen LogP contribution in [-0.2, 0) is 0 Å². The molecular weight excluding hydrogens is 342 g/mol. The van der Waals surface area contributed by atoms with Crippen LogP contribution in [0.1, 0.15) is 11.1 Å². The molecule has 3 rings (SSSR count). The molecule has 0 N–H and O–H groups in total. The average molecular weight is 366 g/mol. The Morgan fingerprint density at radius 2 is 1.44 bits per heavy atom. The Kier molecular flexibility index (Phi) is 4.85. The smallest absolute Gasteiger partial charge is 0.129 e. The highest BCUT2D eigenvalue weighted by molar-refractivity contribution is 6.89. The average Bonchev–Trinajstić information content (AvgIpc) is 2.54. The molecule has 0 atom stereocenters. The molecule has 0 aliphatic carbocycles. The maximum Gasteiger partial charge on any atom is 0.129 e. The van der Waals surface area contributed by atoms with Gasteiger partial charge in [-0.05, 0) is 58.5 Å². The summed E-state index contributed by atoms with van der Waals surface area (Å²) in [4.78, 5) is 4.36. The number of aryl methyl sites for hydroxylation is 2. The van der Waals surface area contributed by atoms with E-state index in [1.165, 1.54) is 38.6 Å². The third kappa shape index (κ3) is 3.70. The van der Waals surface area contributed by atoms with Crippen molar-refractivity contribution in [3.63, 3.8) is 0 Å². The summed E-state index contributed by atoms with van der Waals surface area (Å²) < 4.78 is 0. The third-order valence-electron chi connectivity index (χ3n) is 4.59. The fourth-order valence-corrected chi connectivity index (χ4v) is 5.03. The fraction of sp³-hybridized carbons (Fsp3) is 0.227. The lowest BCUT2D eigenvalue weighted by atomic mass is 9.92. The molecule has 3 aromatic rings. The summed E-state index contributed by atoms with van der Waals surface area (Å²) in [6.45, 7) is 11.4. The van der Waals surface area contributed by atoms with Gasteiger partial charge < -0.3 is 0 Å². The molecule has 0 aliphatic heterocycles. The van der Waals surface area contributed by atoms with Gasteiger partial charge in [-0.25, -0.2) is 4.98 Å². The van der Waals surface area contributed by atoms with Gasteiger partial charge in [-0.1, -0.05) is 73.7 Å². The molecule has 0 saturated carbocycles. The predicted octanol–water partition coefficient (Wildman–Crippen LogP) is 6.23. The second-order valence-corrected chi connectivity index (χ2v) is 13.1. The molecule has 128 valence electrons. The number of halogens is 1. The molecular formula is C22H24ClNSi. The van der Waals surface area contributed by atoms with Gasteiger partial charge >= 0.3 is 0 Å². The first kappa shape index (κ1) is 17.9. The van der Waals surface area contributed by atoms with Crippen molar-refractivity contribution >= 4 is 24.9 Å². The van der Waals surface area contributed by atoms with Crippen LogP contribution in [0.4, 0.5) is 0 Å². The van der Waals surface area contributed by atoms with E-state index in [-0.39, 0.29) is 0 Å². The molecule has 1 nitrogen and oxygen atoms in total. The summed E-state index contributed by atoms with van der Waals surface area (Å²) in [5.74, 6) is 0. The molecule has 0 spiro atoms. The van der Waals surface area contributed by atoms with Crippen LogP contribution in [0.3, 0.4) is 0 Å². The zero-order chi connectivity index (χ0) is 18.2. The minimum absolute atomic E-state index is 0.558. The van der Waals surface area contributed by atoms with Gasteiger partial charge in [0.25, 0.3) is 0 Å². The number of aromatic nitrogens is 1. The van der Waals surface area contributed by atoms with Crippen molar-refractivity contribution in [2.24, 2.45) is 0 Å². The van der Waals surface area contributed by atoms with E-state index in [0.29, 0.717) is 5.15 Å². The Bertz CT molecular complexity index is 888. The highest BCUT2D eigenvalue weighted by atomic mass is 35.5. The van der Waals surface area contributed by atoms with E-state index < -0.39 is 8.07 Å². The largest absolute Gasteiger partial charge is 0.245 e. The molecule has 0 fully saturated rings. The number of benzene rings is 2. The maximum atomic E-state index is 6.25. The van der Waals surface area contributed by atoms with Crippen molar-refractivity contribution in [3.8, 4) is 22.3 Å².